The molecular weight excluding hydrogens is 494 g/mol. The largest absolute Gasteiger partial charge is 0.449 e. The minimum absolute atomic E-state index is 0.190. The van der Waals surface area contributed by atoms with Gasteiger partial charge in [0, 0.05) is 38.4 Å². The minimum Gasteiger partial charge on any atom is -0.449 e. The number of pyridine rings is 1. The number of aromatic nitrogens is 2. The van der Waals surface area contributed by atoms with E-state index in [0.717, 1.165) is 39.2 Å². The molecule has 0 saturated carbocycles. The zero-order valence-corrected chi connectivity index (χ0v) is 19.8. The number of amides is 1. The molecule has 0 aliphatic heterocycles. The van der Waals surface area contributed by atoms with Gasteiger partial charge in [-0.05, 0) is 60.2 Å². The molecule has 34 heavy (non-hydrogen) atoms. The maximum absolute atomic E-state index is 12.8. The maximum atomic E-state index is 12.8. The number of carbonyl (C=O) groups excluding carboxylic acids is 1. The average molecular weight is 516 g/mol. The summed E-state index contributed by atoms with van der Waals surface area (Å²) in [6.45, 7) is 0.320. The number of fused-ring (bicyclic) bond motifs is 2. The van der Waals surface area contributed by atoms with Crippen LogP contribution < -0.4 is 10.9 Å². The molecule has 0 saturated heterocycles. The molecule has 0 aliphatic rings. The minimum atomic E-state index is -0.520. The lowest BCUT2D eigenvalue weighted by atomic mass is 10.0. The molecule has 3 N–H and O–H groups in total. The highest BCUT2D eigenvalue weighted by atomic mass is 79.9. The van der Waals surface area contributed by atoms with E-state index in [1.165, 1.54) is 5.56 Å². The molecule has 0 bridgehead atoms. The van der Waals surface area contributed by atoms with Gasteiger partial charge in [-0.1, -0.05) is 52.3 Å². The lowest BCUT2D eigenvalue weighted by Crippen LogP contribution is -2.15. The van der Waals surface area contributed by atoms with Crippen LogP contribution in [0.3, 0.4) is 0 Å². The second-order valence-electron chi connectivity index (χ2n) is 8.05. The number of hydrogen-bond acceptors (Lipinski definition) is 3. The number of ether oxygens (including phenoxy) is 1. The van der Waals surface area contributed by atoms with Crippen LogP contribution >= 0.6 is 15.9 Å². The lowest BCUT2D eigenvalue weighted by molar-refractivity contribution is 0.160. The number of benzene rings is 3. The molecule has 2 heterocycles. The van der Waals surface area contributed by atoms with Crippen LogP contribution in [0.1, 0.15) is 12.0 Å². The molecule has 7 heteroatoms. The van der Waals surface area contributed by atoms with Crippen molar-refractivity contribution in [1.82, 2.24) is 9.97 Å². The fraction of sp³-hybridized carbons (Fsp3) is 0.111. The van der Waals surface area contributed by atoms with E-state index in [1.54, 1.807) is 12.1 Å². The number of hydrogen-bond donors (Lipinski definition) is 3. The molecular formula is C27H22BrN3O3. The quantitative estimate of drug-likeness (QED) is 0.222. The van der Waals surface area contributed by atoms with E-state index in [0.29, 0.717) is 23.4 Å². The summed E-state index contributed by atoms with van der Waals surface area (Å²) < 4.78 is 6.34. The number of anilines is 1. The highest BCUT2D eigenvalue weighted by molar-refractivity contribution is 9.10. The van der Waals surface area contributed by atoms with Crippen LogP contribution in [0.2, 0.25) is 0 Å². The first-order valence-corrected chi connectivity index (χ1v) is 11.8. The van der Waals surface area contributed by atoms with E-state index in [9.17, 15) is 9.59 Å². The fourth-order valence-corrected chi connectivity index (χ4v) is 4.28. The number of aryl methyl sites for hydroxylation is 1. The van der Waals surface area contributed by atoms with E-state index in [-0.39, 0.29) is 5.56 Å². The third-order valence-electron chi connectivity index (χ3n) is 5.73. The Balaban J connectivity index is 1.25. The highest BCUT2D eigenvalue weighted by Crippen LogP contribution is 2.28. The molecule has 0 fully saturated rings. The van der Waals surface area contributed by atoms with Gasteiger partial charge in [0.05, 0.1) is 12.1 Å². The summed E-state index contributed by atoms with van der Waals surface area (Å²) in [5, 5.41) is 4.59. The Bertz CT molecular complexity index is 1540. The smallest absolute Gasteiger partial charge is 0.411 e. The molecule has 1 amide bonds. The number of aromatic amines is 2. The first kappa shape index (κ1) is 22.0. The number of nitrogens with one attached hydrogen (secondary N) is 3. The Kier molecular flexibility index (Phi) is 6.18. The standard InChI is InChI=1S/C27H22BrN3O3/c28-19-10-7-17(8-11-19)4-3-13-34-27(33)30-20-12-9-18-14-22(26(32)31-25(18)15-20)23-16-29-24-6-2-1-5-21(23)24/h1-2,5-12,14-16,29H,3-4,13H2,(H,30,33)(H,31,32). The van der Waals surface area contributed by atoms with Crippen molar-refractivity contribution in [2.24, 2.45) is 0 Å². The number of para-hydroxylation sites is 1. The van der Waals surface area contributed by atoms with E-state index < -0.39 is 6.09 Å². The van der Waals surface area contributed by atoms with Gasteiger partial charge < -0.3 is 14.7 Å². The Labute approximate surface area is 204 Å². The van der Waals surface area contributed by atoms with Crippen molar-refractivity contribution in [3.05, 3.63) is 99.4 Å². The molecule has 5 rings (SSSR count). The summed E-state index contributed by atoms with van der Waals surface area (Å²) in [4.78, 5) is 31.2. The van der Waals surface area contributed by atoms with Crippen LogP contribution in [-0.4, -0.2) is 22.7 Å². The van der Waals surface area contributed by atoms with Crippen molar-refractivity contribution in [2.45, 2.75) is 12.8 Å². The van der Waals surface area contributed by atoms with Gasteiger partial charge in [-0.15, -0.1) is 0 Å². The molecule has 3 aromatic carbocycles. The second kappa shape index (κ2) is 9.57. The normalized spacial score (nSPS) is 11.1. The zero-order valence-electron chi connectivity index (χ0n) is 18.2. The molecule has 0 atom stereocenters. The summed E-state index contributed by atoms with van der Waals surface area (Å²) >= 11 is 3.42. The van der Waals surface area contributed by atoms with Gasteiger partial charge in [0.1, 0.15) is 0 Å². The second-order valence-corrected chi connectivity index (χ2v) is 8.97. The summed E-state index contributed by atoms with van der Waals surface area (Å²) in [7, 11) is 0. The highest BCUT2D eigenvalue weighted by Gasteiger charge is 2.12. The van der Waals surface area contributed by atoms with Crippen molar-refractivity contribution in [2.75, 3.05) is 11.9 Å². The summed E-state index contributed by atoms with van der Waals surface area (Å²) in [6, 6.07) is 23.2. The first-order chi connectivity index (χ1) is 16.6. The third-order valence-corrected chi connectivity index (χ3v) is 6.26. The monoisotopic (exact) mass is 515 g/mol. The van der Waals surface area contributed by atoms with Crippen LogP contribution in [0.4, 0.5) is 10.5 Å². The molecule has 0 aliphatic carbocycles. The van der Waals surface area contributed by atoms with Crippen molar-refractivity contribution in [3.8, 4) is 11.1 Å². The average Bonchev–Trinajstić information content (AvgIpc) is 3.26. The van der Waals surface area contributed by atoms with Gasteiger partial charge in [0.15, 0.2) is 0 Å². The summed E-state index contributed by atoms with van der Waals surface area (Å²) in [5.74, 6) is 0. The Morgan fingerprint density at radius 3 is 2.62 bits per heavy atom. The fourth-order valence-electron chi connectivity index (χ4n) is 4.02. The van der Waals surface area contributed by atoms with E-state index in [4.69, 9.17) is 4.74 Å². The van der Waals surface area contributed by atoms with Crippen molar-refractivity contribution < 1.29 is 9.53 Å². The lowest BCUT2D eigenvalue weighted by Gasteiger charge is -2.09. The zero-order chi connectivity index (χ0) is 23.5. The van der Waals surface area contributed by atoms with Crippen LogP contribution in [-0.2, 0) is 11.2 Å². The molecule has 170 valence electrons. The van der Waals surface area contributed by atoms with E-state index in [1.807, 2.05) is 66.9 Å². The van der Waals surface area contributed by atoms with Gasteiger partial charge in [0.25, 0.3) is 5.56 Å². The predicted molar refractivity (Wildman–Crippen MR) is 139 cm³/mol. The Hall–Kier alpha value is -3.84. The molecule has 5 aromatic rings. The van der Waals surface area contributed by atoms with Crippen LogP contribution in [0.25, 0.3) is 32.9 Å². The topological polar surface area (TPSA) is 87.0 Å². The first-order valence-electron chi connectivity index (χ1n) is 11.0. The van der Waals surface area contributed by atoms with Crippen LogP contribution in [0, 0.1) is 0 Å². The van der Waals surface area contributed by atoms with Crippen LogP contribution in [0.5, 0.6) is 0 Å². The number of carbonyl (C=O) groups is 1. The molecule has 6 nitrogen and oxygen atoms in total. The van der Waals surface area contributed by atoms with Gasteiger partial charge in [-0.25, -0.2) is 4.79 Å². The Morgan fingerprint density at radius 2 is 1.76 bits per heavy atom. The van der Waals surface area contributed by atoms with Gasteiger partial charge >= 0.3 is 6.09 Å². The van der Waals surface area contributed by atoms with Crippen LogP contribution in [0.15, 0.2) is 88.3 Å². The van der Waals surface area contributed by atoms with Crippen molar-refractivity contribution in [1.29, 1.82) is 0 Å². The summed E-state index contributed by atoms with van der Waals surface area (Å²) in [5.41, 5.74) is 4.63. The third kappa shape index (κ3) is 4.75. The van der Waals surface area contributed by atoms with Crippen molar-refractivity contribution in [3.63, 3.8) is 0 Å². The van der Waals surface area contributed by atoms with Crippen molar-refractivity contribution >= 4 is 49.5 Å². The van der Waals surface area contributed by atoms with E-state index in [2.05, 4.69) is 31.2 Å². The molecule has 0 spiro atoms. The Morgan fingerprint density at radius 1 is 0.941 bits per heavy atom. The number of rotatable bonds is 6. The maximum Gasteiger partial charge on any atom is 0.411 e. The number of halogens is 1. The molecule has 0 radical (unpaired) electrons. The van der Waals surface area contributed by atoms with E-state index >= 15 is 0 Å². The predicted octanol–water partition coefficient (Wildman–Crippen LogP) is 6.62. The van der Waals surface area contributed by atoms with Gasteiger partial charge in [-0.3, -0.25) is 10.1 Å². The van der Waals surface area contributed by atoms with Gasteiger partial charge in [0.2, 0.25) is 0 Å². The SMILES string of the molecule is O=C(Nc1ccc2cc(-c3c[nH]c4ccccc34)c(=O)[nH]c2c1)OCCCc1ccc(Br)cc1. The summed E-state index contributed by atoms with van der Waals surface area (Å²) in [6.07, 6.45) is 2.89. The molecule has 0 unspecified atom stereocenters. The number of H-pyrrole nitrogens is 2. The molecule has 2 aromatic heterocycles. The van der Waals surface area contributed by atoms with Gasteiger partial charge in [-0.2, -0.15) is 0 Å².